The van der Waals surface area contributed by atoms with Crippen LogP contribution in [0.4, 0.5) is 5.69 Å². The average molecular weight is 350 g/mol. The first kappa shape index (κ1) is 17.2. The van der Waals surface area contributed by atoms with Crippen LogP contribution in [-0.4, -0.2) is 24.5 Å². The molecule has 3 aromatic rings. The van der Waals surface area contributed by atoms with Gasteiger partial charge in [-0.15, -0.1) is 0 Å². The van der Waals surface area contributed by atoms with Gasteiger partial charge in [-0.05, 0) is 37.7 Å². The van der Waals surface area contributed by atoms with Crippen LogP contribution in [0.1, 0.15) is 16.7 Å². The van der Waals surface area contributed by atoms with E-state index >= 15 is 0 Å². The first-order valence-electron chi connectivity index (χ1n) is 8.43. The Labute approximate surface area is 150 Å². The molecule has 1 heterocycles. The molecule has 0 radical (unpaired) electrons. The van der Waals surface area contributed by atoms with E-state index in [-0.39, 0.29) is 0 Å². The van der Waals surface area contributed by atoms with Crippen LogP contribution < -0.4 is 4.43 Å². The van der Waals surface area contributed by atoms with Crippen molar-refractivity contribution in [3.8, 4) is 5.75 Å². The van der Waals surface area contributed by atoms with E-state index in [1.54, 1.807) is 4.68 Å². The summed E-state index contributed by atoms with van der Waals surface area (Å²) in [5, 5.41) is 4.30. The monoisotopic (exact) mass is 349 g/mol. The highest BCUT2D eigenvalue weighted by molar-refractivity contribution is 6.49. The van der Waals surface area contributed by atoms with Crippen LogP contribution in [0.2, 0.25) is 13.1 Å². The summed E-state index contributed by atoms with van der Waals surface area (Å²) < 4.78 is 7.91. The SMILES string of the molecule is Cc1ccc(N=C(c2ccccc2)c2cnn(C)c2)c(O[SiH](C)C)c1. The van der Waals surface area contributed by atoms with Gasteiger partial charge in [-0.2, -0.15) is 5.10 Å². The molecule has 0 spiro atoms. The van der Waals surface area contributed by atoms with Crippen molar-refractivity contribution < 1.29 is 4.43 Å². The Morgan fingerprint density at radius 2 is 1.84 bits per heavy atom. The summed E-state index contributed by atoms with van der Waals surface area (Å²) in [5.74, 6) is 0.860. The van der Waals surface area contributed by atoms with Crippen molar-refractivity contribution in [3.05, 3.63) is 77.6 Å². The first-order valence-corrected chi connectivity index (χ1v) is 11.2. The van der Waals surface area contributed by atoms with E-state index in [0.29, 0.717) is 0 Å². The Hall–Kier alpha value is -2.66. The van der Waals surface area contributed by atoms with Crippen LogP contribution in [0.25, 0.3) is 0 Å². The summed E-state index contributed by atoms with van der Waals surface area (Å²) in [7, 11) is 0.693. The molecule has 3 rings (SSSR count). The molecule has 0 aliphatic rings. The van der Waals surface area contributed by atoms with Crippen molar-refractivity contribution in [1.82, 2.24) is 9.78 Å². The zero-order chi connectivity index (χ0) is 17.8. The highest BCUT2D eigenvalue weighted by Gasteiger charge is 2.12. The fraction of sp³-hybridized carbons (Fsp3) is 0.200. The second-order valence-electron chi connectivity index (χ2n) is 6.37. The van der Waals surface area contributed by atoms with Crippen LogP contribution in [0, 0.1) is 6.92 Å². The molecule has 1 aromatic heterocycles. The summed E-state index contributed by atoms with van der Waals surface area (Å²) in [6.45, 7) is 6.39. The minimum atomic E-state index is -1.22. The summed E-state index contributed by atoms with van der Waals surface area (Å²) >= 11 is 0. The van der Waals surface area contributed by atoms with Crippen LogP contribution in [-0.2, 0) is 7.05 Å². The number of nitrogens with zero attached hydrogens (tertiary/aromatic N) is 3. The molecule has 0 saturated carbocycles. The van der Waals surface area contributed by atoms with E-state index in [1.165, 1.54) is 5.56 Å². The van der Waals surface area contributed by atoms with Crippen molar-refractivity contribution in [2.75, 3.05) is 0 Å². The number of aromatic nitrogens is 2. The lowest BCUT2D eigenvalue weighted by Gasteiger charge is -2.14. The van der Waals surface area contributed by atoms with E-state index in [4.69, 9.17) is 9.42 Å². The third kappa shape index (κ3) is 4.25. The number of aliphatic imine (C=N–C) groups is 1. The normalized spacial score (nSPS) is 11.8. The fourth-order valence-corrected chi connectivity index (χ4v) is 3.31. The molecule has 0 aliphatic carbocycles. The van der Waals surface area contributed by atoms with Gasteiger partial charge < -0.3 is 4.43 Å². The molecule has 0 unspecified atom stereocenters. The van der Waals surface area contributed by atoms with E-state index in [2.05, 4.69) is 49.4 Å². The Kier molecular flexibility index (Phi) is 5.14. The predicted octanol–water partition coefficient (Wildman–Crippen LogP) is 4.26. The molecule has 4 nitrogen and oxygen atoms in total. The second kappa shape index (κ2) is 7.48. The lowest BCUT2D eigenvalue weighted by Crippen LogP contribution is -2.11. The van der Waals surface area contributed by atoms with Crippen molar-refractivity contribution in [2.45, 2.75) is 20.0 Å². The second-order valence-corrected chi connectivity index (χ2v) is 8.70. The minimum Gasteiger partial charge on any atom is -0.546 e. The van der Waals surface area contributed by atoms with E-state index < -0.39 is 9.04 Å². The van der Waals surface area contributed by atoms with E-state index in [1.807, 2.05) is 43.7 Å². The van der Waals surface area contributed by atoms with Gasteiger partial charge in [-0.1, -0.05) is 36.4 Å². The Bertz CT molecular complexity index is 885. The van der Waals surface area contributed by atoms with Crippen molar-refractivity contribution in [3.63, 3.8) is 0 Å². The van der Waals surface area contributed by atoms with Crippen LogP contribution in [0.15, 0.2) is 65.9 Å². The largest absolute Gasteiger partial charge is 0.546 e. The molecule has 0 bridgehead atoms. The molecular weight excluding hydrogens is 326 g/mol. The van der Waals surface area contributed by atoms with Gasteiger partial charge in [0.15, 0.2) is 0 Å². The van der Waals surface area contributed by atoms with Crippen molar-refractivity contribution in [1.29, 1.82) is 0 Å². The summed E-state index contributed by atoms with van der Waals surface area (Å²) in [6, 6.07) is 16.4. The molecule has 128 valence electrons. The van der Waals surface area contributed by atoms with Gasteiger partial charge in [0.1, 0.15) is 11.4 Å². The molecule has 5 heteroatoms. The summed E-state index contributed by atoms with van der Waals surface area (Å²) in [5.41, 5.74) is 4.97. The van der Waals surface area contributed by atoms with Gasteiger partial charge in [0.05, 0.1) is 11.9 Å². The van der Waals surface area contributed by atoms with Crippen LogP contribution in [0.3, 0.4) is 0 Å². The highest BCUT2D eigenvalue weighted by atomic mass is 28.3. The molecule has 0 N–H and O–H groups in total. The molecule has 0 atom stereocenters. The third-order valence-corrected chi connectivity index (χ3v) is 4.46. The Morgan fingerprint density at radius 1 is 1.08 bits per heavy atom. The van der Waals surface area contributed by atoms with E-state index in [9.17, 15) is 0 Å². The lowest BCUT2D eigenvalue weighted by molar-refractivity contribution is 0.581. The summed E-state index contributed by atoms with van der Waals surface area (Å²) in [6.07, 6.45) is 3.83. The van der Waals surface area contributed by atoms with Crippen LogP contribution >= 0.6 is 0 Å². The fourth-order valence-electron chi connectivity index (χ4n) is 2.62. The van der Waals surface area contributed by atoms with Gasteiger partial charge in [0.25, 0.3) is 0 Å². The topological polar surface area (TPSA) is 39.4 Å². The number of hydrogen-bond acceptors (Lipinski definition) is 3. The van der Waals surface area contributed by atoms with Gasteiger partial charge in [0, 0.05) is 24.4 Å². The van der Waals surface area contributed by atoms with Crippen LogP contribution in [0.5, 0.6) is 5.75 Å². The molecule has 0 saturated heterocycles. The maximum Gasteiger partial charge on any atom is 0.229 e. The smallest absolute Gasteiger partial charge is 0.229 e. The lowest BCUT2D eigenvalue weighted by atomic mass is 10.1. The van der Waals surface area contributed by atoms with Crippen molar-refractivity contribution in [2.24, 2.45) is 12.0 Å². The maximum atomic E-state index is 6.11. The molecular formula is C20H23N3OSi. The van der Waals surface area contributed by atoms with Crippen molar-refractivity contribution >= 4 is 20.4 Å². The number of hydrogen-bond donors (Lipinski definition) is 0. The van der Waals surface area contributed by atoms with Gasteiger partial charge >= 0.3 is 0 Å². The number of benzene rings is 2. The molecule has 0 aliphatic heterocycles. The number of rotatable bonds is 5. The summed E-state index contributed by atoms with van der Waals surface area (Å²) in [4.78, 5) is 4.97. The Balaban J connectivity index is 2.14. The Morgan fingerprint density at radius 3 is 2.48 bits per heavy atom. The first-order chi connectivity index (χ1) is 12.0. The molecule has 25 heavy (non-hydrogen) atoms. The highest BCUT2D eigenvalue weighted by Crippen LogP contribution is 2.30. The minimum absolute atomic E-state index is 0.856. The zero-order valence-corrected chi connectivity index (χ0v) is 16.3. The third-order valence-electron chi connectivity index (χ3n) is 3.74. The molecule has 2 aromatic carbocycles. The quantitative estimate of drug-likeness (QED) is 0.510. The molecule has 0 fully saturated rings. The van der Waals surface area contributed by atoms with E-state index in [0.717, 1.165) is 28.3 Å². The zero-order valence-electron chi connectivity index (χ0n) is 15.1. The standard InChI is InChI=1S/C20H23N3OSi/c1-15-10-11-18(19(12-15)24-25(3)4)22-20(16-8-6-5-7-9-16)17-13-21-23(2)14-17/h5-14,25H,1-4H3. The van der Waals surface area contributed by atoms with Gasteiger partial charge in [0.2, 0.25) is 9.04 Å². The average Bonchev–Trinajstić information content (AvgIpc) is 3.00. The predicted molar refractivity (Wildman–Crippen MR) is 106 cm³/mol. The number of aryl methyl sites for hydroxylation is 2. The maximum absolute atomic E-state index is 6.11. The van der Waals surface area contributed by atoms with Gasteiger partial charge in [-0.25, -0.2) is 4.99 Å². The molecule has 0 amide bonds. The van der Waals surface area contributed by atoms with Gasteiger partial charge in [-0.3, -0.25) is 4.68 Å².